The van der Waals surface area contributed by atoms with Crippen molar-refractivity contribution < 1.29 is 13.2 Å². The van der Waals surface area contributed by atoms with Crippen LogP contribution in [0.4, 0.5) is 0 Å². The molecule has 0 spiro atoms. The van der Waals surface area contributed by atoms with Crippen LogP contribution in [0, 0.1) is 6.92 Å². The Morgan fingerprint density at radius 3 is 2.41 bits per heavy atom. The molecule has 9 heteroatoms. The van der Waals surface area contributed by atoms with Gasteiger partial charge in [-0.2, -0.15) is 4.31 Å². The Labute approximate surface area is 208 Å². The van der Waals surface area contributed by atoms with Crippen LogP contribution in [0.5, 0.6) is 5.75 Å². The minimum atomic E-state index is -3.37. The summed E-state index contributed by atoms with van der Waals surface area (Å²) in [5, 5.41) is 6.59. The molecule has 0 atom stereocenters. The molecule has 7 nitrogen and oxygen atoms in total. The van der Waals surface area contributed by atoms with Gasteiger partial charge in [-0.3, -0.25) is 4.99 Å². The zero-order valence-electron chi connectivity index (χ0n) is 18.9. The van der Waals surface area contributed by atoms with Crippen molar-refractivity contribution in [1.82, 2.24) is 14.9 Å². The first-order chi connectivity index (χ1) is 14.9. The van der Waals surface area contributed by atoms with Crippen molar-refractivity contribution >= 4 is 40.0 Å². The number of hydrogen-bond donors (Lipinski definition) is 2. The second kappa shape index (κ2) is 12.4. The van der Waals surface area contributed by atoms with Gasteiger partial charge < -0.3 is 15.4 Å². The van der Waals surface area contributed by atoms with Gasteiger partial charge in [0.1, 0.15) is 5.75 Å². The Morgan fingerprint density at radius 2 is 1.78 bits per heavy atom. The molecule has 0 saturated carbocycles. The largest absolute Gasteiger partial charge is 0.496 e. The van der Waals surface area contributed by atoms with Crippen molar-refractivity contribution in [3.8, 4) is 5.75 Å². The Bertz CT molecular complexity index is 1000. The second-order valence-corrected chi connectivity index (χ2v) is 9.61. The molecular weight excluding hydrogens is 539 g/mol. The number of halogens is 1. The molecule has 176 valence electrons. The molecule has 0 aromatic heterocycles. The molecule has 2 N–H and O–H groups in total. The third-order valence-electron chi connectivity index (χ3n) is 5.43. The van der Waals surface area contributed by atoms with E-state index in [1.807, 2.05) is 24.3 Å². The molecule has 0 aliphatic carbocycles. The Balaban J connectivity index is 0.00000363. The average Bonchev–Trinajstić information content (AvgIpc) is 3.32. The van der Waals surface area contributed by atoms with Crippen molar-refractivity contribution in [2.75, 3.05) is 33.8 Å². The maximum Gasteiger partial charge on any atom is 0.243 e. The Hall–Kier alpha value is -1.85. The van der Waals surface area contributed by atoms with E-state index < -0.39 is 10.0 Å². The predicted molar refractivity (Wildman–Crippen MR) is 139 cm³/mol. The van der Waals surface area contributed by atoms with E-state index >= 15 is 0 Å². The minimum absolute atomic E-state index is 0. The van der Waals surface area contributed by atoms with Crippen LogP contribution in [0.2, 0.25) is 0 Å². The van der Waals surface area contributed by atoms with Crippen molar-refractivity contribution in [3.63, 3.8) is 0 Å². The fourth-order valence-electron chi connectivity index (χ4n) is 3.68. The first-order valence-corrected chi connectivity index (χ1v) is 12.0. The van der Waals surface area contributed by atoms with E-state index in [9.17, 15) is 8.42 Å². The number of guanidine groups is 1. The quantitative estimate of drug-likeness (QED) is 0.288. The van der Waals surface area contributed by atoms with Gasteiger partial charge in [0.05, 0.1) is 12.0 Å². The highest BCUT2D eigenvalue weighted by Gasteiger charge is 2.26. The van der Waals surface area contributed by atoms with E-state index in [-0.39, 0.29) is 24.0 Å². The number of nitrogens with zero attached hydrogens (tertiary/aromatic N) is 2. The van der Waals surface area contributed by atoms with Crippen molar-refractivity contribution in [2.24, 2.45) is 4.99 Å². The summed E-state index contributed by atoms with van der Waals surface area (Å²) in [6.45, 7) is 4.56. The van der Waals surface area contributed by atoms with Gasteiger partial charge in [0.15, 0.2) is 5.96 Å². The van der Waals surface area contributed by atoms with Gasteiger partial charge in [-0.05, 0) is 55.5 Å². The topological polar surface area (TPSA) is 83.0 Å². The van der Waals surface area contributed by atoms with E-state index in [0.29, 0.717) is 37.0 Å². The molecule has 1 aliphatic heterocycles. The highest BCUT2D eigenvalue weighted by Crippen LogP contribution is 2.21. The van der Waals surface area contributed by atoms with Crippen LogP contribution in [0.25, 0.3) is 0 Å². The number of benzene rings is 2. The second-order valence-electron chi connectivity index (χ2n) is 7.67. The first kappa shape index (κ1) is 26.4. The number of ether oxygens (including phenoxy) is 1. The van der Waals surface area contributed by atoms with Gasteiger partial charge in [-0.25, -0.2) is 8.42 Å². The van der Waals surface area contributed by atoms with Gasteiger partial charge in [0.2, 0.25) is 10.0 Å². The number of hydrogen-bond acceptors (Lipinski definition) is 4. The zero-order chi connectivity index (χ0) is 22.3. The molecule has 1 saturated heterocycles. The maximum atomic E-state index is 12.6. The summed E-state index contributed by atoms with van der Waals surface area (Å²) in [4.78, 5) is 4.62. The number of methoxy groups -OCH3 is 1. The van der Waals surface area contributed by atoms with E-state index in [4.69, 9.17) is 4.74 Å². The number of aryl methyl sites for hydroxylation is 1. The molecule has 0 radical (unpaired) electrons. The van der Waals surface area contributed by atoms with Gasteiger partial charge in [-0.1, -0.05) is 29.8 Å². The van der Waals surface area contributed by atoms with E-state index in [0.717, 1.165) is 36.1 Å². The van der Waals surface area contributed by atoms with E-state index in [1.165, 1.54) is 5.56 Å². The molecule has 0 amide bonds. The fourth-order valence-corrected chi connectivity index (χ4v) is 5.20. The lowest BCUT2D eigenvalue weighted by Gasteiger charge is -2.16. The SMILES string of the molecule is CN=C(NCCc1cc(C)ccc1OC)NCc1ccc(S(=O)(=O)N2CCCC2)cc1.I. The smallest absolute Gasteiger partial charge is 0.243 e. The normalized spacial score (nSPS) is 14.7. The van der Waals surface area contributed by atoms with E-state index in [1.54, 1.807) is 30.6 Å². The molecule has 1 aliphatic rings. The highest BCUT2D eigenvalue weighted by molar-refractivity contribution is 14.0. The standard InChI is InChI=1S/C23H32N4O3S.HI/c1-18-6-11-22(30-3)20(16-18)12-13-25-23(24-2)26-17-19-7-9-21(10-8-19)31(28,29)27-14-4-5-15-27;/h6-11,16H,4-5,12-15,17H2,1-3H3,(H2,24,25,26);1H. The summed E-state index contributed by atoms with van der Waals surface area (Å²) in [6.07, 6.45) is 2.68. The number of aliphatic imine (C=N–C) groups is 1. The van der Waals surface area contributed by atoms with Gasteiger partial charge in [0.25, 0.3) is 0 Å². The molecule has 0 bridgehead atoms. The molecule has 2 aromatic rings. The van der Waals surface area contributed by atoms with Crippen LogP contribution in [-0.2, 0) is 23.0 Å². The molecule has 1 heterocycles. The predicted octanol–water partition coefficient (Wildman–Crippen LogP) is 3.31. The molecule has 3 rings (SSSR count). The van der Waals surface area contributed by atoms with Crippen molar-refractivity contribution in [2.45, 2.75) is 37.6 Å². The molecule has 0 unspecified atom stereocenters. The lowest BCUT2D eigenvalue weighted by Crippen LogP contribution is -2.37. The third-order valence-corrected chi connectivity index (χ3v) is 7.35. The van der Waals surface area contributed by atoms with Crippen LogP contribution in [-0.4, -0.2) is 52.5 Å². The Kier molecular flexibility index (Phi) is 10.2. The summed E-state index contributed by atoms with van der Waals surface area (Å²) in [6, 6.07) is 13.2. The van der Waals surface area contributed by atoms with Crippen LogP contribution in [0.1, 0.15) is 29.5 Å². The summed E-state index contributed by atoms with van der Waals surface area (Å²) < 4.78 is 32.3. The van der Waals surface area contributed by atoms with Crippen LogP contribution < -0.4 is 15.4 Å². The van der Waals surface area contributed by atoms with Gasteiger partial charge >= 0.3 is 0 Å². The third kappa shape index (κ3) is 6.82. The number of rotatable bonds is 8. The van der Waals surface area contributed by atoms with Gasteiger partial charge in [-0.15, -0.1) is 24.0 Å². The average molecular weight is 573 g/mol. The number of nitrogens with one attached hydrogen (secondary N) is 2. The molecule has 32 heavy (non-hydrogen) atoms. The van der Waals surface area contributed by atoms with Crippen molar-refractivity contribution in [3.05, 3.63) is 59.2 Å². The molecular formula is C23H33IN4O3S. The van der Waals surface area contributed by atoms with Crippen molar-refractivity contribution in [1.29, 1.82) is 0 Å². The molecule has 1 fully saturated rings. The first-order valence-electron chi connectivity index (χ1n) is 10.6. The van der Waals surface area contributed by atoms with Gasteiger partial charge in [0, 0.05) is 33.2 Å². The summed E-state index contributed by atoms with van der Waals surface area (Å²) in [7, 11) is 0.0427. The Morgan fingerprint density at radius 1 is 1.09 bits per heavy atom. The number of sulfonamides is 1. The lowest BCUT2D eigenvalue weighted by molar-refractivity contribution is 0.409. The summed E-state index contributed by atoms with van der Waals surface area (Å²) in [5.74, 6) is 1.58. The fraction of sp³-hybridized carbons (Fsp3) is 0.435. The summed E-state index contributed by atoms with van der Waals surface area (Å²) in [5.41, 5.74) is 3.34. The molecule has 2 aromatic carbocycles. The van der Waals surface area contributed by atoms with Crippen LogP contribution in [0.15, 0.2) is 52.4 Å². The monoisotopic (exact) mass is 572 g/mol. The lowest BCUT2D eigenvalue weighted by atomic mass is 10.1. The minimum Gasteiger partial charge on any atom is -0.496 e. The maximum absolute atomic E-state index is 12.6. The summed E-state index contributed by atoms with van der Waals surface area (Å²) >= 11 is 0. The van der Waals surface area contributed by atoms with Crippen LogP contribution in [0.3, 0.4) is 0 Å². The van der Waals surface area contributed by atoms with Crippen LogP contribution >= 0.6 is 24.0 Å². The highest BCUT2D eigenvalue weighted by atomic mass is 127. The zero-order valence-corrected chi connectivity index (χ0v) is 22.1. The van der Waals surface area contributed by atoms with E-state index in [2.05, 4.69) is 28.6 Å².